The lowest BCUT2D eigenvalue weighted by Crippen LogP contribution is -2.48. The van der Waals surface area contributed by atoms with Gasteiger partial charge < -0.3 is 19.4 Å². The van der Waals surface area contributed by atoms with Crippen LogP contribution in [0.2, 0.25) is 0 Å². The van der Waals surface area contributed by atoms with Crippen LogP contribution >= 0.6 is 0 Å². The van der Waals surface area contributed by atoms with Crippen molar-refractivity contribution in [1.82, 2.24) is 14.9 Å². The number of para-hydroxylation sites is 1. The second kappa shape index (κ2) is 11.6. The van der Waals surface area contributed by atoms with Crippen LogP contribution in [0, 0.1) is 12.8 Å². The number of anilines is 2. The highest BCUT2D eigenvalue weighted by Crippen LogP contribution is 2.28. The van der Waals surface area contributed by atoms with Gasteiger partial charge in [-0.15, -0.1) is 0 Å². The van der Waals surface area contributed by atoms with Crippen LogP contribution in [-0.4, -0.2) is 72.6 Å². The standard InChI is InChI=1S/C30H35N5O3/c1-3-38-30(37)24-13-15-35(16-14-24)29(36)25-21-31-27(23-10-5-4-6-11-23)32-28(25)34-19-17-33(18-20-34)26-12-8-7-9-22(26)2/h4-12,21,24H,3,13-20H2,1-2H3. The van der Waals surface area contributed by atoms with Crippen LogP contribution in [0.1, 0.15) is 35.7 Å². The number of esters is 1. The molecule has 8 nitrogen and oxygen atoms in total. The molecule has 0 atom stereocenters. The van der Waals surface area contributed by atoms with Gasteiger partial charge in [0.15, 0.2) is 5.82 Å². The van der Waals surface area contributed by atoms with E-state index in [1.807, 2.05) is 42.2 Å². The molecule has 0 N–H and O–H groups in total. The molecule has 0 aliphatic carbocycles. The molecular weight excluding hydrogens is 478 g/mol. The first-order valence-electron chi connectivity index (χ1n) is 13.5. The van der Waals surface area contributed by atoms with Crippen molar-refractivity contribution in [3.8, 4) is 11.4 Å². The molecule has 2 aliphatic rings. The number of aryl methyl sites for hydroxylation is 1. The predicted molar refractivity (Wildman–Crippen MR) is 148 cm³/mol. The number of nitrogens with zero attached hydrogens (tertiary/aromatic N) is 5. The number of amides is 1. The number of carbonyl (C=O) groups is 2. The summed E-state index contributed by atoms with van der Waals surface area (Å²) in [5.41, 5.74) is 3.95. The molecule has 0 spiro atoms. The number of carbonyl (C=O) groups excluding carboxylic acids is 2. The molecule has 2 saturated heterocycles. The highest BCUT2D eigenvalue weighted by molar-refractivity contribution is 5.99. The Morgan fingerprint density at radius 1 is 0.895 bits per heavy atom. The molecule has 2 fully saturated rings. The van der Waals surface area contributed by atoms with E-state index in [1.165, 1.54) is 11.3 Å². The zero-order valence-electron chi connectivity index (χ0n) is 22.2. The summed E-state index contributed by atoms with van der Waals surface area (Å²) in [6.07, 6.45) is 2.90. The molecule has 3 aromatic rings. The Kier molecular flexibility index (Phi) is 7.86. The van der Waals surface area contributed by atoms with E-state index in [4.69, 9.17) is 9.72 Å². The van der Waals surface area contributed by atoms with Crippen LogP contribution in [0.4, 0.5) is 11.5 Å². The van der Waals surface area contributed by atoms with Crippen LogP contribution in [-0.2, 0) is 9.53 Å². The van der Waals surface area contributed by atoms with E-state index in [0.29, 0.717) is 49.7 Å². The van der Waals surface area contributed by atoms with Crippen molar-refractivity contribution in [1.29, 1.82) is 0 Å². The molecule has 38 heavy (non-hydrogen) atoms. The molecule has 1 aromatic heterocycles. The number of hydrogen-bond donors (Lipinski definition) is 0. The quantitative estimate of drug-likeness (QED) is 0.457. The van der Waals surface area contributed by atoms with Crippen molar-refractivity contribution < 1.29 is 14.3 Å². The van der Waals surface area contributed by atoms with Crippen molar-refractivity contribution in [3.63, 3.8) is 0 Å². The molecule has 0 saturated carbocycles. The summed E-state index contributed by atoms with van der Waals surface area (Å²) in [7, 11) is 0. The van der Waals surface area contributed by atoms with E-state index in [2.05, 4.69) is 46.0 Å². The molecule has 5 rings (SSSR count). The Morgan fingerprint density at radius 2 is 1.55 bits per heavy atom. The summed E-state index contributed by atoms with van der Waals surface area (Å²) < 4.78 is 5.19. The van der Waals surface area contributed by atoms with Crippen molar-refractivity contribution in [2.75, 3.05) is 55.7 Å². The average molecular weight is 514 g/mol. The zero-order chi connectivity index (χ0) is 26.5. The molecule has 198 valence electrons. The van der Waals surface area contributed by atoms with Gasteiger partial charge in [-0.25, -0.2) is 9.97 Å². The maximum absolute atomic E-state index is 13.7. The molecule has 1 amide bonds. The largest absolute Gasteiger partial charge is 0.466 e. The Bertz CT molecular complexity index is 1270. The van der Waals surface area contributed by atoms with Gasteiger partial charge in [0.1, 0.15) is 11.4 Å². The second-order valence-corrected chi connectivity index (χ2v) is 9.88. The number of likely N-dealkylation sites (tertiary alicyclic amines) is 1. The van der Waals surface area contributed by atoms with Crippen LogP contribution in [0.15, 0.2) is 60.8 Å². The minimum Gasteiger partial charge on any atom is -0.466 e. The molecule has 2 aromatic carbocycles. The summed E-state index contributed by atoms with van der Waals surface area (Å²) in [6.45, 7) is 8.56. The number of aromatic nitrogens is 2. The van der Waals surface area contributed by atoms with Gasteiger partial charge >= 0.3 is 5.97 Å². The molecular formula is C30H35N5O3. The maximum atomic E-state index is 13.7. The van der Waals surface area contributed by atoms with E-state index < -0.39 is 0 Å². The molecule has 0 unspecified atom stereocenters. The van der Waals surface area contributed by atoms with Gasteiger partial charge in [0.25, 0.3) is 5.91 Å². The lowest BCUT2D eigenvalue weighted by atomic mass is 9.96. The number of benzene rings is 2. The Hall–Kier alpha value is -3.94. The summed E-state index contributed by atoms with van der Waals surface area (Å²) in [5.74, 6) is 0.899. The number of hydrogen-bond acceptors (Lipinski definition) is 7. The minimum absolute atomic E-state index is 0.0803. The van der Waals surface area contributed by atoms with Crippen LogP contribution in [0.25, 0.3) is 11.4 Å². The number of piperazine rings is 1. The summed E-state index contributed by atoms with van der Waals surface area (Å²) in [5, 5.41) is 0. The molecule has 8 heteroatoms. The first-order valence-corrected chi connectivity index (χ1v) is 13.5. The number of ether oxygens (including phenoxy) is 1. The zero-order valence-corrected chi connectivity index (χ0v) is 22.2. The molecule has 0 bridgehead atoms. The summed E-state index contributed by atoms with van der Waals surface area (Å²) in [4.78, 5) is 41.9. The fourth-order valence-corrected chi connectivity index (χ4v) is 5.32. The lowest BCUT2D eigenvalue weighted by molar-refractivity contribution is -0.149. The van der Waals surface area contributed by atoms with Crippen molar-refractivity contribution in [3.05, 3.63) is 71.9 Å². The van der Waals surface area contributed by atoms with Gasteiger partial charge in [-0.1, -0.05) is 48.5 Å². The predicted octanol–water partition coefficient (Wildman–Crippen LogP) is 4.19. The smallest absolute Gasteiger partial charge is 0.309 e. The van der Waals surface area contributed by atoms with Crippen molar-refractivity contribution in [2.45, 2.75) is 26.7 Å². The van der Waals surface area contributed by atoms with E-state index in [-0.39, 0.29) is 17.8 Å². The highest BCUT2D eigenvalue weighted by Gasteiger charge is 2.32. The second-order valence-electron chi connectivity index (χ2n) is 9.88. The summed E-state index contributed by atoms with van der Waals surface area (Å²) in [6, 6.07) is 18.3. The highest BCUT2D eigenvalue weighted by atomic mass is 16.5. The van der Waals surface area contributed by atoms with E-state index in [0.717, 1.165) is 31.7 Å². The van der Waals surface area contributed by atoms with Gasteiger partial charge in [0, 0.05) is 56.7 Å². The van der Waals surface area contributed by atoms with Gasteiger partial charge in [0.2, 0.25) is 0 Å². The minimum atomic E-state index is -0.164. The van der Waals surface area contributed by atoms with Gasteiger partial charge in [-0.3, -0.25) is 9.59 Å². The first-order chi connectivity index (χ1) is 18.5. The molecule has 3 heterocycles. The third-order valence-corrected chi connectivity index (χ3v) is 7.47. The lowest BCUT2D eigenvalue weighted by Gasteiger charge is -2.38. The van der Waals surface area contributed by atoms with Crippen LogP contribution in [0.5, 0.6) is 0 Å². The van der Waals surface area contributed by atoms with Crippen LogP contribution < -0.4 is 9.80 Å². The first kappa shape index (κ1) is 25.7. The average Bonchev–Trinajstić information content (AvgIpc) is 2.97. The summed E-state index contributed by atoms with van der Waals surface area (Å²) >= 11 is 0. The third-order valence-electron chi connectivity index (χ3n) is 7.47. The van der Waals surface area contributed by atoms with Crippen molar-refractivity contribution in [2.24, 2.45) is 5.92 Å². The van der Waals surface area contributed by atoms with Crippen molar-refractivity contribution >= 4 is 23.4 Å². The molecule has 0 radical (unpaired) electrons. The Morgan fingerprint density at radius 3 is 2.24 bits per heavy atom. The number of piperidine rings is 1. The number of rotatable bonds is 6. The van der Waals surface area contributed by atoms with Gasteiger partial charge in [-0.05, 0) is 38.3 Å². The SMILES string of the molecule is CCOC(=O)C1CCN(C(=O)c2cnc(-c3ccccc3)nc2N2CCN(c3ccccc3C)CC2)CC1. The Balaban J connectivity index is 1.37. The van der Waals surface area contributed by atoms with Gasteiger partial charge in [0.05, 0.1) is 12.5 Å². The fourth-order valence-electron chi connectivity index (χ4n) is 5.32. The van der Waals surface area contributed by atoms with Crippen LogP contribution in [0.3, 0.4) is 0 Å². The Labute approximate surface area is 224 Å². The van der Waals surface area contributed by atoms with E-state index >= 15 is 0 Å². The molecule has 2 aliphatic heterocycles. The third kappa shape index (κ3) is 5.49. The topological polar surface area (TPSA) is 78.9 Å². The fraction of sp³-hybridized carbons (Fsp3) is 0.400. The van der Waals surface area contributed by atoms with E-state index in [1.54, 1.807) is 6.20 Å². The van der Waals surface area contributed by atoms with Gasteiger partial charge in [-0.2, -0.15) is 0 Å². The van der Waals surface area contributed by atoms with E-state index in [9.17, 15) is 9.59 Å². The maximum Gasteiger partial charge on any atom is 0.309 e. The monoisotopic (exact) mass is 513 g/mol. The normalized spacial score (nSPS) is 16.4.